The molecule has 0 N–H and O–H groups in total. The minimum absolute atomic E-state index is 0.139. The van der Waals surface area contributed by atoms with E-state index in [2.05, 4.69) is 13.8 Å². The van der Waals surface area contributed by atoms with Crippen molar-refractivity contribution in [1.82, 2.24) is 0 Å². The molecule has 0 saturated heterocycles. The second-order valence-corrected chi connectivity index (χ2v) is 14.0. The summed E-state index contributed by atoms with van der Waals surface area (Å²) in [6.45, 7) is 16.4. The Morgan fingerprint density at radius 2 is 0.456 bits per heavy atom. The molecule has 342 valence electrons. The van der Waals surface area contributed by atoms with Crippen molar-refractivity contribution in [3.8, 4) is 0 Å². The van der Waals surface area contributed by atoms with E-state index in [9.17, 15) is 4.79 Å². The number of unbranched alkanes of at least 4 members (excludes halogenated alkanes) is 15. The first-order valence-electron chi connectivity index (χ1n) is 22.8. The van der Waals surface area contributed by atoms with Gasteiger partial charge in [0.25, 0.3) is 0 Å². The zero-order valence-electron chi connectivity index (χ0n) is 36.8. The first kappa shape index (κ1) is 56.0. The standard InChI is InChI=1S/C44H88O13/c1-3-5-7-9-11-12-13-15-17-19-21-46-22-23-47-24-25-48-26-27-49-28-29-50-30-31-51-32-33-52-34-35-53-36-37-54-38-39-55-40-41-56-42-43-57-44(45)20-18-16-14-10-8-6-4-2/h3-43H2,1-2H3. The molecule has 57 heavy (non-hydrogen) atoms. The van der Waals surface area contributed by atoms with Crippen molar-refractivity contribution in [3.63, 3.8) is 0 Å². The number of carbonyl (C=O) groups is 1. The largest absolute Gasteiger partial charge is 0.463 e. The van der Waals surface area contributed by atoms with E-state index in [-0.39, 0.29) is 12.6 Å². The Morgan fingerprint density at radius 3 is 0.737 bits per heavy atom. The molecule has 0 amide bonds. The molecule has 0 saturated carbocycles. The van der Waals surface area contributed by atoms with Gasteiger partial charge in [-0.25, -0.2) is 0 Å². The summed E-state index contributed by atoms with van der Waals surface area (Å²) in [5.41, 5.74) is 0. The van der Waals surface area contributed by atoms with E-state index in [0.717, 1.165) is 25.9 Å². The van der Waals surface area contributed by atoms with Gasteiger partial charge >= 0.3 is 5.97 Å². The van der Waals surface area contributed by atoms with Crippen molar-refractivity contribution >= 4 is 5.97 Å². The lowest BCUT2D eigenvalue weighted by molar-refractivity contribution is -0.145. The molecule has 0 rings (SSSR count). The number of hydrogen-bond donors (Lipinski definition) is 0. The molecular weight excluding hydrogens is 736 g/mol. The lowest BCUT2D eigenvalue weighted by atomic mass is 10.1. The smallest absolute Gasteiger partial charge is 0.305 e. The highest BCUT2D eigenvalue weighted by molar-refractivity contribution is 5.69. The second-order valence-electron chi connectivity index (χ2n) is 14.0. The Kier molecular flexibility index (Phi) is 52.1. The lowest BCUT2D eigenvalue weighted by Gasteiger charge is -2.09. The molecule has 0 radical (unpaired) electrons. The molecule has 0 aromatic rings. The summed E-state index contributed by atoms with van der Waals surface area (Å²) in [5, 5.41) is 0. The Bertz CT molecular complexity index is 734. The van der Waals surface area contributed by atoms with E-state index in [4.69, 9.17) is 56.8 Å². The summed E-state index contributed by atoms with van der Waals surface area (Å²) in [5.74, 6) is -0.139. The van der Waals surface area contributed by atoms with E-state index in [1.807, 2.05) is 0 Å². The van der Waals surface area contributed by atoms with Crippen LogP contribution in [0.1, 0.15) is 129 Å². The average molecular weight is 825 g/mol. The third-order valence-electron chi connectivity index (χ3n) is 8.84. The van der Waals surface area contributed by atoms with Crippen LogP contribution in [0.25, 0.3) is 0 Å². The fourth-order valence-electron chi connectivity index (χ4n) is 5.51. The summed E-state index contributed by atoms with van der Waals surface area (Å²) in [6, 6.07) is 0. The van der Waals surface area contributed by atoms with E-state index in [0.29, 0.717) is 145 Å². The van der Waals surface area contributed by atoms with Crippen molar-refractivity contribution in [2.24, 2.45) is 0 Å². The Balaban J connectivity index is 3.09. The van der Waals surface area contributed by atoms with Gasteiger partial charge in [0, 0.05) is 13.0 Å². The van der Waals surface area contributed by atoms with Gasteiger partial charge in [0.1, 0.15) is 6.61 Å². The third kappa shape index (κ3) is 53.0. The monoisotopic (exact) mass is 825 g/mol. The Morgan fingerprint density at radius 1 is 0.246 bits per heavy atom. The molecule has 0 aliphatic heterocycles. The number of hydrogen-bond acceptors (Lipinski definition) is 13. The zero-order valence-corrected chi connectivity index (χ0v) is 36.8. The van der Waals surface area contributed by atoms with Crippen LogP contribution in [-0.2, 0) is 61.6 Å². The van der Waals surface area contributed by atoms with Crippen LogP contribution in [0, 0.1) is 0 Å². The summed E-state index contributed by atoms with van der Waals surface area (Å²) in [6.07, 6.45) is 22.2. The summed E-state index contributed by atoms with van der Waals surface area (Å²) in [4.78, 5) is 11.7. The quantitative estimate of drug-likeness (QED) is 0.0438. The maximum absolute atomic E-state index is 11.7. The fourth-order valence-corrected chi connectivity index (χ4v) is 5.51. The second kappa shape index (κ2) is 53.0. The third-order valence-corrected chi connectivity index (χ3v) is 8.84. The molecule has 0 heterocycles. The molecule has 0 aromatic heterocycles. The summed E-state index contributed by atoms with van der Waals surface area (Å²) in [7, 11) is 0. The van der Waals surface area contributed by atoms with Crippen LogP contribution in [-0.4, -0.2) is 158 Å². The van der Waals surface area contributed by atoms with Gasteiger partial charge in [-0.15, -0.1) is 0 Å². The van der Waals surface area contributed by atoms with Gasteiger partial charge in [0.05, 0.1) is 139 Å². The van der Waals surface area contributed by atoms with E-state index >= 15 is 0 Å². The summed E-state index contributed by atoms with van der Waals surface area (Å²) < 4.78 is 65.9. The highest BCUT2D eigenvalue weighted by atomic mass is 16.6. The number of carbonyl (C=O) groups excluding carboxylic acids is 1. The van der Waals surface area contributed by atoms with Gasteiger partial charge in [-0.1, -0.05) is 110 Å². The predicted molar refractivity (Wildman–Crippen MR) is 224 cm³/mol. The Hall–Kier alpha value is -0.970. The van der Waals surface area contributed by atoms with E-state index < -0.39 is 0 Å². The first-order chi connectivity index (χ1) is 28.3. The number of ether oxygens (including phenoxy) is 12. The maximum Gasteiger partial charge on any atom is 0.305 e. The van der Waals surface area contributed by atoms with Crippen LogP contribution in [0.2, 0.25) is 0 Å². The van der Waals surface area contributed by atoms with Gasteiger partial charge in [-0.3, -0.25) is 4.79 Å². The fraction of sp³-hybridized carbons (Fsp3) is 0.977. The SMILES string of the molecule is CCCCCCCCCCCCOCCOCCOCCOCCOCCOCCOCCOCCOCCOCCOCCOC(=O)CCCCCCCCC. The Labute approximate surface area is 348 Å². The van der Waals surface area contributed by atoms with Gasteiger partial charge in [0.2, 0.25) is 0 Å². The molecule has 0 fully saturated rings. The molecule has 0 bridgehead atoms. The topological polar surface area (TPSA) is 128 Å². The summed E-state index contributed by atoms with van der Waals surface area (Å²) >= 11 is 0. The molecule has 0 aliphatic rings. The molecule has 0 unspecified atom stereocenters. The zero-order chi connectivity index (χ0) is 41.1. The van der Waals surface area contributed by atoms with Crippen LogP contribution in [0.3, 0.4) is 0 Å². The molecule has 13 nitrogen and oxygen atoms in total. The molecule has 13 heteroatoms. The van der Waals surface area contributed by atoms with Crippen LogP contribution < -0.4 is 0 Å². The molecule has 0 spiro atoms. The highest BCUT2D eigenvalue weighted by Gasteiger charge is 2.03. The molecule has 0 aliphatic carbocycles. The molecule has 0 atom stereocenters. The van der Waals surface area contributed by atoms with Crippen molar-refractivity contribution in [2.75, 3.05) is 152 Å². The van der Waals surface area contributed by atoms with Gasteiger partial charge in [-0.2, -0.15) is 0 Å². The van der Waals surface area contributed by atoms with Crippen LogP contribution >= 0.6 is 0 Å². The van der Waals surface area contributed by atoms with Gasteiger partial charge < -0.3 is 56.8 Å². The van der Waals surface area contributed by atoms with Crippen LogP contribution in [0.5, 0.6) is 0 Å². The van der Waals surface area contributed by atoms with E-state index in [1.54, 1.807) is 0 Å². The lowest BCUT2D eigenvalue weighted by Crippen LogP contribution is -2.15. The van der Waals surface area contributed by atoms with Crippen molar-refractivity contribution in [3.05, 3.63) is 0 Å². The minimum Gasteiger partial charge on any atom is -0.463 e. The van der Waals surface area contributed by atoms with Crippen LogP contribution in [0.4, 0.5) is 0 Å². The number of esters is 1. The maximum atomic E-state index is 11.7. The number of rotatable bonds is 52. The molecular formula is C44H88O13. The average Bonchev–Trinajstić information content (AvgIpc) is 3.22. The predicted octanol–water partition coefficient (Wildman–Crippen LogP) is 7.77. The van der Waals surface area contributed by atoms with Crippen molar-refractivity contribution in [2.45, 2.75) is 129 Å². The highest BCUT2D eigenvalue weighted by Crippen LogP contribution is 2.11. The van der Waals surface area contributed by atoms with Crippen molar-refractivity contribution < 1.29 is 61.6 Å². The van der Waals surface area contributed by atoms with Gasteiger partial charge in [0.15, 0.2) is 0 Å². The normalized spacial score (nSPS) is 11.5. The van der Waals surface area contributed by atoms with Crippen molar-refractivity contribution in [1.29, 1.82) is 0 Å². The van der Waals surface area contributed by atoms with Gasteiger partial charge in [-0.05, 0) is 12.8 Å². The van der Waals surface area contributed by atoms with Crippen LogP contribution in [0.15, 0.2) is 0 Å². The first-order valence-corrected chi connectivity index (χ1v) is 22.8. The molecule has 0 aromatic carbocycles. The van der Waals surface area contributed by atoms with E-state index in [1.165, 1.54) is 89.9 Å². The minimum atomic E-state index is -0.139.